The van der Waals surface area contributed by atoms with Crippen LogP contribution in [0.15, 0.2) is 36.4 Å². The van der Waals surface area contributed by atoms with Crippen LogP contribution in [0.2, 0.25) is 0 Å². The highest BCUT2D eigenvalue weighted by atomic mass is 16.3. The third-order valence-electron chi connectivity index (χ3n) is 8.52. The first-order valence-corrected chi connectivity index (χ1v) is 13.2. The first kappa shape index (κ1) is 24.3. The number of fused-ring (bicyclic) bond motifs is 1. The Morgan fingerprint density at radius 3 is 2.43 bits per heavy atom. The standard InChI is InChI=1S/C29H40N4O2/c1-28(2)13-14-29(3,4)22-18-19(8-9-21(22)28)23-6-5-7-25(32-23)33-16-11-20(12-17-33)31-27(35)26-24(34)10-15-30-26/h5-9,18,20,24,26,30,34H,10-17H2,1-4H3,(H,31,35). The average molecular weight is 477 g/mol. The molecule has 5 rings (SSSR count). The van der Waals surface area contributed by atoms with Crippen LogP contribution < -0.4 is 15.5 Å². The maximum Gasteiger partial charge on any atom is 0.240 e. The molecule has 0 bridgehead atoms. The van der Waals surface area contributed by atoms with Gasteiger partial charge in [-0.1, -0.05) is 45.9 Å². The Hall–Kier alpha value is -2.44. The normalized spacial score (nSPS) is 25.8. The maximum absolute atomic E-state index is 12.5. The molecule has 2 aliphatic heterocycles. The van der Waals surface area contributed by atoms with Gasteiger partial charge in [0.2, 0.25) is 5.91 Å². The molecule has 0 radical (unpaired) electrons. The molecule has 2 atom stereocenters. The summed E-state index contributed by atoms with van der Waals surface area (Å²) in [6.07, 6.45) is 4.23. The molecule has 0 saturated carbocycles. The fraction of sp³-hybridized carbons (Fsp3) is 0.586. The van der Waals surface area contributed by atoms with Crippen LogP contribution in [-0.2, 0) is 15.6 Å². The molecule has 6 heteroatoms. The third-order valence-corrected chi connectivity index (χ3v) is 8.52. The van der Waals surface area contributed by atoms with E-state index < -0.39 is 12.1 Å². The molecule has 3 heterocycles. The number of hydrogen-bond acceptors (Lipinski definition) is 5. The van der Waals surface area contributed by atoms with Crippen LogP contribution in [-0.4, -0.2) is 53.8 Å². The van der Waals surface area contributed by atoms with Crippen LogP contribution in [0, 0.1) is 0 Å². The summed E-state index contributed by atoms with van der Waals surface area (Å²) in [5, 5.41) is 16.2. The second-order valence-corrected chi connectivity index (χ2v) is 12.0. The lowest BCUT2D eigenvalue weighted by Gasteiger charge is -2.42. The van der Waals surface area contributed by atoms with Crippen molar-refractivity contribution >= 4 is 11.7 Å². The molecule has 3 N–H and O–H groups in total. The number of aliphatic hydroxyl groups excluding tert-OH is 1. The average Bonchev–Trinajstić information content (AvgIpc) is 3.28. The highest BCUT2D eigenvalue weighted by Crippen LogP contribution is 2.46. The molecular formula is C29H40N4O2. The van der Waals surface area contributed by atoms with Crippen molar-refractivity contribution in [1.29, 1.82) is 0 Å². The Balaban J connectivity index is 1.28. The van der Waals surface area contributed by atoms with Crippen LogP contribution in [0.1, 0.15) is 70.9 Å². The van der Waals surface area contributed by atoms with Gasteiger partial charge >= 0.3 is 0 Å². The van der Waals surface area contributed by atoms with E-state index in [2.05, 4.69) is 79.6 Å². The summed E-state index contributed by atoms with van der Waals surface area (Å²) in [5.74, 6) is 0.921. The summed E-state index contributed by atoms with van der Waals surface area (Å²) in [4.78, 5) is 19.9. The van der Waals surface area contributed by atoms with Gasteiger partial charge in [-0.2, -0.15) is 0 Å². The Bertz CT molecular complexity index is 1090. The SMILES string of the molecule is CC1(C)CCC(C)(C)c2cc(-c3cccc(N4CCC(NC(=O)C5NCCC5O)CC4)n3)ccc21. The summed E-state index contributed by atoms with van der Waals surface area (Å²) >= 11 is 0. The lowest BCUT2D eigenvalue weighted by Crippen LogP contribution is -2.52. The molecule has 2 unspecified atom stereocenters. The number of benzene rings is 1. The number of anilines is 1. The zero-order valence-electron chi connectivity index (χ0n) is 21.6. The first-order chi connectivity index (χ1) is 16.6. The van der Waals surface area contributed by atoms with E-state index in [4.69, 9.17) is 4.98 Å². The first-order valence-electron chi connectivity index (χ1n) is 13.2. The number of amides is 1. The second kappa shape index (κ2) is 9.21. The number of piperidine rings is 1. The van der Waals surface area contributed by atoms with Gasteiger partial charge in [-0.25, -0.2) is 4.98 Å². The van der Waals surface area contributed by atoms with E-state index >= 15 is 0 Å². The molecule has 1 amide bonds. The number of carbonyl (C=O) groups is 1. The van der Waals surface area contributed by atoms with Crippen LogP contribution >= 0.6 is 0 Å². The predicted octanol–water partition coefficient (Wildman–Crippen LogP) is 3.91. The molecule has 1 aromatic heterocycles. The zero-order valence-corrected chi connectivity index (χ0v) is 21.6. The third kappa shape index (κ3) is 4.83. The zero-order chi connectivity index (χ0) is 24.8. The van der Waals surface area contributed by atoms with Gasteiger partial charge in [-0.15, -0.1) is 0 Å². The van der Waals surface area contributed by atoms with Crippen molar-refractivity contribution in [1.82, 2.24) is 15.6 Å². The van der Waals surface area contributed by atoms with E-state index in [1.54, 1.807) is 0 Å². The molecule has 1 aromatic carbocycles. The Labute approximate surface area is 209 Å². The van der Waals surface area contributed by atoms with Gasteiger partial charge in [0.25, 0.3) is 0 Å². The lowest BCUT2D eigenvalue weighted by molar-refractivity contribution is -0.125. The Morgan fingerprint density at radius 1 is 1.03 bits per heavy atom. The minimum atomic E-state index is -0.581. The van der Waals surface area contributed by atoms with Gasteiger partial charge in [0.1, 0.15) is 11.9 Å². The number of aliphatic hydroxyl groups is 1. The minimum Gasteiger partial charge on any atom is -0.391 e. The fourth-order valence-electron chi connectivity index (χ4n) is 6.01. The number of pyridine rings is 1. The van der Waals surface area contributed by atoms with Crippen molar-refractivity contribution in [3.8, 4) is 11.3 Å². The van der Waals surface area contributed by atoms with Crippen molar-refractivity contribution < 1.29 is 9.90 Å². The molecule has 2 aromatic rings. The molecule has 3 aliphatic rings. The molecule has 0 spiro atoms. The molecular weight excluding hydrogens is 436 g/mol. The van der Waals surface area contributed by atoms with Gasteiger partial charge in [0, 0.05) is 24.7 Å². The van der Waals surface area contributed by atoms with Gasteiger partial charge < -0.3 is 20.6 Å². The molecule has 2 saturated heterocycles. The highest BCUT2D eigenvalue weighted by molar-refractivity contribution is 5.83. The summed E-state index contributed by atoms with van der Waals surface area (Å²) in [7, 11) is 0. The summed E-state index contributed by atoms with van der Waals surface area (Å²) in [6, 6.07) is 12.9. The molecule has 35 heavy (non-hydrogen) atoms. The van der Waals surface area contributed by atoms with E-state index in [1.165, 1.54) is 29.5 Å². The predicted molar refractivity (Wildman–Crippen MR) is 141 cm³/mol. The van der Waals surface area contributed by atoms with E-state index in [-0.39, 0.29) is 22.8 Å². The quantitative estimate of drug-likeness (QED) is 0.624. The number of rotatable bonds is 4. The van der Waals surface area contributed by atoms with Gasteiger partial charge in [0.05, 0.1) is 11.8 Å². The van der Waals surface area contributed by atoms with Crippen LogP contribution in [0.4, 0.5) is 5.82 Å². The van der Waals surface area contributed by atoms with E-state index in [0.29, 0.717) is 13.0 Å². The summed E-state index contributed by atoms with van der Waals surface area (Å²) in [5.41, 5.74) is 5.51. The summed E-state index contributed by atoms with van der Waals surface area (Å²) < 4.78 is 0. The summed E-state index contributed by atoms with van der Waals surface area (Å²) in [6.45, 7) is 11.8. The Kier molecular flexibility index (Phi) is 6.39. The highest BCUT2D eigenvalue weighted by Gasteiger charge is 2.37. The molecule has 6 nitrogen and oxygen atoms in total. The van der Waals surface area contributed by atoms with Crippen LogP contribution in [0.3, 0.4) is 0 Å². The van der Waals surface area contributed by atoms with Gasteiger partial charge in [-0.05, 0) is 78.8 Å². The van der Waals surface area contributed by atoms with Crippen molar-refractivity contribution in [3.05, 3.63) is 47.5 Å². The van der Waals surface area contributed by atoms with Crippen molar-refractivity contribution in [2.24, 2.45) is 0 Å². The van der Waals surface area contributed by atoms with Crippen LogP contribution in [0.25, 0.3) is 11.3 Å². The van der Waals surface area contributed by atoms with Crippen molar-refractivity contribution in [2.75, 3.05) is 24.5 Å². The Morgan fingerprint density at radius 2 is 1.74 bits per heavy atom. The lowest BCUT2D eigenvalue weighted by atomic mass is 9.63. The van der Waals surface area contributed by atoms with E-state index in [1.807, 2.05) is 0 Å². The topological polar surface area (TPSA) is 77.5 Å². The molecule has 188 valence electrons. The number of aromatic nitrogens is 1. The smallest absolute Gasteiger partial charge is 0.240 e. The molecule has 2 fully saturated rings. The number of nitrogens with zero attached hydrogens (tertiary/aromatic N) is 2. The van der Waals surface area contributed by atoms with E-state index in [0.717, 1.165) is 37.4 Å². The van der Waals surface area contributed by atoms with Crippen molar-refractivity contribution in [3.63, 3.8) is 0 Å². The number of carbonyl (C=O) groups excluding carboxylic acids is 1. The largest absolute Gasteiger partial charge is 0.391 e. The fourth-order valence-corrected chi connectivity index (χ4v) is 6.01. The van der Waals surface area contributed by atoms with E-state index in [9.17, 15) is 9.90 Å². The second-order valence-electron chi connectivity index (χ2n) is 12.0. The van der Waals surface area contributed by atoms with Gasteiger partial charge in [-0.3, -0.25) is 4.79 Å². The van der Waals surface area contributed by atoms with Crippen LogP contribution in [0.5, 0.6) is 0 Å². The maximum atomic E-state index is 12.5. The monoisotopic (exact) mass is 476 g/mol. The van der Waals surface area contributed by atoms with Gasteiger partial charge in [0.15, 0.2) is 0 Å². The minimum absolute atomic E-state index is 0.0768. The molecule has 1 aliphatic carbocycles. The van der Waals surface area contributed by atoms with Crippen molar-refractivity contribution in [2.45, 2.75) is 88.8 Å². The number of hydrogen-bond donors (Lipinski definition) is 3. The number of nitrogens with one attached hydrogen (secondary N) is 2.